The Morgan fingerprint density at radius 1 is 1.35 bits per heavy atom. The van der Waals surface area contributed by atoms with Crippen LogP contribution in [0.25, 0.3) is 0 Å². The Labute approximate surface area is 115 Å². The SMILES string of the molecule is CCNC(c1cccc(C(F)(F)F)c1)c1nccn1C. The van der Waals surface area contributed by atoms with Gasteiger partial charge in [0.2, 0.25) is 0 Å². The second kappa shape index (κ2) is 5.66. The standard InChI is InChI=1S/C14H16F3N3/c1-3-18-12(13-19-7-8-20(13)2)10-5-4-6-11(9-10)14(15,16)17/h4-9,12,18H,3H2,1-2H3. The summed E-state index contributed by atoms with van der Waals surface area (Å²) in [5.74, 6) is 0.686. The highest BCUT2D eigenvalue weighted by atomic mass is 19.4. The van der Waals surface area contributed by atoms with Gasteiger partial charge in [0, 0.05) is 19.4 Å². The minimum Gasteiger partial charge on any atom is -0.336 e. The van der Waals surface area contributed by atoms with Crippen LogP contribution in [0.1, 0.15) is 29.9 Å². The molecule has 0 saturated carbocycles. The number of rotatable bonds is 4. The van der Waals surface area contributed by atoms with Crippen LogP contribution in [-0.4, -0.2) is 16.1 Å². The molecule has 108 valence electrons. The van der Waals surface area contributed by atoms with E-state index in [1.807, 2.05) is 14.0 Å². The first-order valence-electron chi connectivity index (χ1n) is 6.31. The molecule has 1 heterocycles. The molecule has 1 aromatic heterocycles. The van der Waals surface area contributed by atoms with Gasteiger partial charge in [-0.25, -0.2) is 4.98 Å². The molecule has 1 aromatic carbocycles. The van der Waals surface area contributed by atoms with E-state index in [0.29, 0.717) is 17.9 Å². The lowest BCUT2D eigenvalue weighted by Gasteiger charge is -2.19. The molecule has 0 radical (unpaired) electrons. The van der Waals surface area contributed by atoms with Gasteiger partial charge in [0.15, 0.2) is 0 Å². The fourth-order valence-electron chi connectivity index (χ4n) is 2.11. The highest BCUT2D eigenvalue weighted by Crippen LogP contribution is 2.31. The van der Waals surface area contributed by atoms with Crippen LogP contribution in [0.15, 0.2) is 36.7 Å². The third kappa shape index (κ3) is 3.01. The maximum Gasteiger partial charge on any atom is 0.416 e. The normalized spacial score (nSPS) is 13.4. The van der Waals surface area contributed by atoms with Crippen LogP contribution >= 0.6 is 0 Å². The topological polar surface area (TPSA) is 29.9 Å². The van der Waals surface area contributed by atoms with Gasteiger partial charge in [-0.1, -0.05) is 19.1 Å². The number of aromatic nitrogens is 2. The lowest BCUT2D eigenvalue weighted by Crippen LogP contribution is -2.25. The maximum atomic E-state index is 12.8. The Bertz CT molecular complexity index is 575. The zero-order valence-corrected chi connectivity index (χ0v) is 11.3. The van der Waals surface area contributed by atoms with Crippen molar-refractivity contribution in [2.24, 2.45) is 7.05 Å². The quantitative estimate of drug-likeness (QED) is 0.934. The Morgan fingerprint density at radius 3 is 2.65 bits per heavy atom. The summed E-state index contributed by atoms with van der Waals surface area (Å²) in [6, 6.07) is 4.98. The molecule has 1 unspecified atom stereocenters. The number of imidazole rings is 1. The predicted octanol–water partition coefficient (Wildman–Crippen LogP) is 3.14. The summed E-state index contributed by atoms with van der Waals surface area (Å²) in [5, 5.41) is 3.17. The minimum absolute atomic E-state index is 0.359. The van der Waals surface area contributed by atoms with Crippen molar-refractivity contribution >= 4 is 0 Å². The number of halogens is 3. The number of hydrogen-bond donors (Lipinski definition) is 1. The number of aryl methyl sites for hydroxylation is 1. The fraction of sp³-hybridized carbons (Fsp3) is 0.357. The number of alkyl halides is 3. The van der Waals surface area contributed by atoms with Gasteiger partial charge in [-0.3, -0.25) is 0 Å². The molecule has 0 aliphatic heterocycles. The van der Waals surface area contributed by atoms with E-state index in [-0.39, 0.29) is 6.04 Å². The predicted molar refractivity (Wildman–Crippen MR) is 70.2 cm³/mol. The fourth-order valence-corrected chi connectivity index (χ4v) is 2.11. The molecule has 1 atom stereocenters. The highest BCUT2D eigenvalue weighted by molar-refractivity contribution is 5.31. The monoisotopic (exact) mass is 283 g/mol. The van der Waals surface area contributed by atoms with E-state index in [0.717, 1.165) is 6.07 Å². The highest BCUT2D eigenvalue weighted by Gasteiger charge is 2.31. The molecule has 20 heavy (non-hydrogen) atoms. The van der Waals surface area contributed by atoms with E-state index in [2.05, 4.69) is 10.3 Å². The Kier molecular flexibility index (Phi) is 4.13. The van der Waals surface area contributed by atoms with E-state index >= 15 is 0 Å². The molecule has 0 aliphatic rings. The molecule has 2 aromatic rings. The third-order valence-corrected chi connectivity index (χ3v) is 3.07. The van der Waals surface area contributed by atoms with Crippen LogP contribution in [0, 0.1) is 0 Å². The van der Waals surface area contributed by atoms with Crippen molar-refractivity contribution in [3.63, 3.8) is 0 Å². The summed E-state index contributed by atoms with van der Waals surface area (Å²) in [7, 11) is 1.82. The molecule has 0 aliphatic carbocycles. The van der Waals surface area contributed by atoms with Gasteiger partial charge in [-0.2, -0.15) is 13.2 Å². The van der Waals surface area contributed by atoms with E-state index in [1.165, 1.54) is 12.1 Å². The summed E-state index contributed by atoms with van der Waals surface area (Å²) in [6.07, 6.45) is -0.936. The first-order valence-corrected chi connectivity index (χ1v) is 6.31. The van der Waals surface area contributed by atoms with Crippen LogP contribution in [-0.2, 0) is 13.2 Å². The van der Waals surface area contributed by atoms with Gasteiger partial charge in [0.25, 0.3) is 0 Å². The summed E-state index contributed by atoms with van der Waals surface area (Å²) in [5.41, 5.74) is -0.0944. The lowest BCUT2D eigenvalue weighted by atomic mass is 10.0. The van der Waals surface area contributed by atoms with Crippen molar-refractivity contribution in [1.29, 1.82) is 0 Å². The molecule has 0 amide bonds. The Balaban J connectivity index is 2.43. The summed E-state index contributed by atoms with van der Waals surface area (Å²) < 4.78 is 40.2. The average Bonchev–Trinajstić information content (AvgIpc) is 2.81. The van der Waals surface area contributed by atoms with Crippen molar-refractivity contribution in [2.45, 2.75) is 19.1 Å². The van der Waals surface area contributed by atoms with Crippen molar-refractivity contribution in [2.75, 3.05) is 6.54 Å². The van der Waals surface area contributed by atoms with Gasteiger partial charge in [0.1, 0.15) is 5.82 Å². The van der Waals surface area contributed by atoms with Gasteiger partial charge >= 0.3 is 6.18 Å². The Morgan fingerprint density at radius 2 is 2.10 bits per heavy atom. The van der Waals surface area contributed by atoms with E-state index < -0.39 is 11.7 Å². The van der Waals surface area contributed by atoms with Crippen LogP contribution in [0.4, 0.5) is 13.2 Å². The second-order valence-corrected chi connectivity index (χ2v) is 4.51. The minimum atomic E-state index is -4.34. The number of nitrogens with zero attached hydrogens (tertiary/aromatic N) is 2. The summed E-state index contributed by atoms with van der Waals surface area (Å²) in [6.45, 7) is 2.54. The number of hydrogen-bond acceptors (Lipinski definition) is 2. The van der Waals surface area contributed by atoms with E-state index in [4.69, 9.17) is 0 Å². The van der Waals surface area contributed by atoms with Gasteiger partial charge in [-0.05, 0) is 24.2 Å². The molecule has 0 fully saturated rings. The molecule has 0 bridgehead atoms. The zero-order chi connectivity index (χ0) is 14.8. The smallest absolute Gasteiger partial charge is 0.336 e. The maximum absolute atomic E-state index is 12.8. The van der Waals surface area contributed by atoms with Crippen molar-refractivity contribution < 1.29 is 13.2 Å². The summed E-state index contributed by atoms with van der Waals surface area (Å²) >= 11 is 0. The van der Waals surface area contributed by atoms with Gasteiger partial charge < -0.3 is 9.88 Å². The lowest BCUT2D eigenvalue weighted by molar-refractivity contribution is -0.137. The zero-order valence-electron chi connectivity index (χ0n) is 11.3. The molecular weight excluding hydrogens is 267 g/mol. The first-order chi connectivity index (χ1) is 9.43. The molecule has 0 saturated heterocycles. The molecular formula is C14H16F3N3. The van der Waals surface area contributed by atoms with Crippen LogP contribution in [0.5, 0.6) is 0 Å². The second-order valence-electron chi connectivity index (χ2n) is 4.51. The van der Waals surface area contributed by atoms with Gasteiger partial charge in [0.05, 0.1) is 11.6 Å². The van der Waals surface area contributed by atoms with Crippen molar-refractivity contribution in [3.8, 4) is 0 Å². The van der Waals surface area contributed by atoms with Crippen LogP contribution in [0.3, 0.4) is 0 Å². The first kappa shape index (κ1) is 14.6. The molecule has 1 N–H and O–H groups in total. The largest absolute Gasteiger partial charge is 0.416 e. The summed E-state index contributed by atoms with van der Waals surface area (Å²) in [4.78, 5) is 4.22. The van der Waals surface area contributed by atoms with Gasteiger partial charge in [-0.15, -0.1) is 0 Å². The van der Waals surface area contributed by atoms with E-state index in [9.17, 15) is 13.2 Å². The van der Waals surface area contributed by atoms with E-state index in [1.54, 1.807) is 23.0 Å². The molecule has 6 heteroatoms. The Hall–Kier alpha value is -1.82. The molecule has 3 nitrogen and oxygen atoms in total. The van der Waals surface area contributed by atoms with Crippen LogP contribution in [0.2, 0.25) is 0 Å². The van der Waals surface area contributed by atoms with Crippen LogP contribution < -0.4 is 5.32 Å². The molecule has 2 rings (SSSR count). The third-order valence-electron chi connectivity index (χ3n) is 3.07. The number of nitrogens with one attached hydrogen (secondary N) is 1. The van der Waals surface area contributed by atoms with Crippen molar-refractivity contribution in [3.05, 3.63) is 53.6 Å². The molecule has 0 spiro atoms. The average molecular weight is 283 g/mol. The number of benzene rings is 1. The van der Waals surface area contributed by atoms with Crippen molar-refractivity contribution in [1.82, 2.24) is 14.9 Å².